The van der Waals surface area contributed by atoms with Crippen LogP contribution < -0.4 is 15.8 Å². The van der Waals surface area contributed by atoms with E-state index in [9.17, 15) is 14.4 Å². The highest BCUT2D eigenvalue weighted by atomic mass is 16.5. The van der Waals surface area contributed by atoms with E-state index >= 15 is 0 Å². The molecular formula is C14H16N2O5. The number of hydrogen-bond donors (Lipinski definition) is 3. The van der Waals surface area contributed by atoms with Gasteiger partial charge in [0, 0.05) is 5.56 Å². The lowest BCUT2D eigenvalue weighted by atomic mass is 10.1. The molecule has 0 spiro atoms. The molecule has 0 aliphatic heterocycles. The van der Waals surface area contributed by atoms with E-state index in [1.807, 2.05) is 0 Å². The Kier molecular flexibility index (Phi) is 5.94. The number of nitrogens with two attached hydrogens (primary N) is 1. The summed E-state index contributed by atoms with van der Waals surface area (Å²) in [5.41, 5.74) is 5.18. The minimum absolute atomic E-state index is 0.247. The third-order valence-electron chi connectivity index (χ3n) is 2.49. The van der Waals surface area contributed by atoms with Gasteiger partial charge in [0.2, 0.25) is 5.91 Å². The Labute approximate surface area is 121 Å². The zero-order valence-electron chi connectivity index (χ0n) is 11.2. The molecule has 0 saturated heterocycles. The van der Waals surface area contributed by atoms with Crippen LogP contribution in [0.15, 0.2) is 36.9 Å². The van der Waals surface area contributed by atoms with E-state index in [2.05, 4.69) is 11.9 Å². The number of carboxylic acid groups (broad SMARTS) is 1. The lowest BCUT2D eigenvalue weighted by Crippen LogP contribution is -2.43. The minimum Gasteiger partial charge on any atom is -0.490 e. The molecule has 0 heterocycles. The van der Waals surface area contributed by atoms with Gasteiger partial charge in [-0.2, -0.15) is 0 Å². The number of rotatable bonds is 8. The molecular weight excluding hydrogens is 276 g/mol. The Hall–Kier alpha value is -2.83. The molecule has 1 atom stereocenters. The van der Waals surface area contributed by atoms with Gasteiger partial charge in [0.15, 0.2) is 0 Å². The number of hydrogen-bond acceptors (Lipinski definition) is 4. The van der Waals surface area contributed by atoms with Gasteiger partial charge in [0.05, 0.1) is 6.42 Å². The van der Waals surface area contributed by atoms with Crippen LogP contribution in [0.1, 0.15) is 16.8 Å². The lowest BCUT2D eigenvalue weighted by Gasteiger charge is -2.13. The number of benzene rings is 1. The zero-order chi connectivity index (χ0) is 15.8. The second-order valence-electron chi connectivity index (χ2n) is 4.16. The number of carbonyl (C=O) groups excluding carboxylic acids is 2. The first kappa shape index (κ1) is 16.2. The standard InChI is InChI=1S/C14H16N2O5/c1-2-7-21-10-5-3-9(4-6-10)13(18)16-11(14(19)20)8-12(15)17/h2-6,11H,1,7-8H2,(H2,15,17)(H,16,18)(H,19,20)/t11-/m1/s1. The summed E-state index contributed by atoms with van der Waals surface area (Å²) in [6, 6.07) is 4.75. The molecule has 1 aromatic carbocycles. The molecule has 0 bridgehead atoms. The van der Waals surface area contributed by atoms with Crippen molar-refractivity contribution in [3.05, 3.63) is 42.5 Å². The van der Waals surface area contributed by atoms with Crippen molar-refractivity contribution in [2.75, 3.05) is 6.61 Å². The fourth-order valence-corrected chi connectivity index (χ4v) is 1.50. The quantitative estimate of drug-likeness (QED) is 0.596. The fourth-order valence-electron chi connectivity index (χ4n) is 1.50. The van der Waals surface area contributed by atoms with Crippen LogP contribution in [0.5, 0.6) is 5.75 Å². The van der Waals surface area contributed by atoms with Gasteiger partial charge in [-0.15, -0.1) is 0 Å². The third-order valence-corrected chi connectivity index (χ3v) is 2.49. The lowest BCUT2D eigenvalue weighted by molar-refractivity contribution is -0.140. The number of ether oxygens (including phenoxy) is 1. The molecule has 0 radical (unpaired) electrons. The number of primary amides is 1. The number of amides is 2. The highest BCUT2D eigenvalue weighted by Crippen LogP contribution is 2.12. The van der Waals surface area contributed by atoms with Crippen LogP contribution in [0.4, 0.5) is 0 Å². The Bertz CT molecular complexity index is 539. The summed E-state index contributed by atoms with van der Waals surface area (Å²) in [5.74, 6) is -2.19. The molecule has 1 rings (SSSR count). The highest BCUT2D eigenvalue weighted by Gasteiger charge is 2.22. The SMILES string of the molecule is C=CCOc1ccc(C(=O)N[C@H](CC(N)=O)C(=O)O)cc1. The number of carbonyl (C=O) groups is 3. The highest BCUT2D eigenvalue weighted by molar-refractivity contribution is 5.97. The van der Waals surface area contributed by atoms with Crippen LogP contribution in [-0.4, -0.2) is 35.5 Å². The molecule has 0 fully saturated rings. The van der Waals surface area contributed by atoms with Crippen LogP contribution in [0.25, 0.3) is 0 Å². The molecule has 7 heteroatoms. The molecule has 4 N–H and O–H groups in total. The van der Waals surface area contributed by atoms with Gasteiger partial charge in [0.25, 0.3) is 5.91 Å². The fraction of sp³-hybridized carbons (Fsp3) is 0.214. The molecule has 2 amide bonds. The monoisotopic (exact) mass is 292 g/mol. The molecule has 1 aromatic rings. The smallest absolute Gasteiger partial charge is 0.326 e. The van der Waals surface area contributed by atoms with Crippen molar-refractivity contribution in [1.82, 2.24) is 5.32 Å². The topological polar surface area (TPSA) is 119 Å². The van der Waals surface area contributed by atoms with Gasteiger partial charge in [-0.3, -0.25) is 9.59 Å². The van der Waals surface area contributed by atoms with E-state index in [1.165, 1.54) is 12.1 Å². The van der Waals surface area contributed by atoms with E-state index < -0.39 is 30.2 Å². The zero-order valence-corrected chi connectivity index (χ0v) is 11.2. The molecule has 0 unspecified atom stereocenters. The average Bonchev–Trinajstić information content (AvgIpc) is 2.44. The van der Waals surface area contributed by atoms with Gasteiger partial charge in [0.1, 0.15) is 18.4 Å². The van der Waals surface area contributed by atoms with E-state index in [0.29, 0.717) is 12.4 Å². The largest absolute Gasteiger partial charge is 0.490 e. The Balaban J connectivity index is 2.71. The van der Waals surface area contributed by atoms with Crippen LogP contribution >= 0.6 is 0 Å². The van der Waals surface area contributed by atoms with Gasteiger partial charge in [-0.05, 0) is 24.3 Å². The number of aliphatic carboxylic acids is 1. The Morgan fingerprint density at radius 1 is 1.33 bits per heavy atom. The summed E-state index contributed by atoms with van der Waals surface area (Å²) >= 11 is 0. The van der Waals surface area contributed by atoms with Crippen molar-refractivity contribution in [3.63, 3.8) is 0 Å². The van der Waals surface area contributed by atoms with Crippen molar-refractivity contribution >= 4 is 17.8 Å². The summed E-state index contributed by atoms with van der Waals surface area (Å²) in [7, 11) is 0. The van der Waals surface area contributed by atoms with Gasteiger partial charge in [-0.1, -0.05) is 12.7 Å². The van der Waals surface area contributed by atoms with Crippen molar-refractivity contribution in [1.29, 1.82) is 0 Å². The second-order valence-corrected chi connectivity index (χ2v) is 4.16. The molecule has 0 saturated carbocycles. The summed E-state index contributed by atoms with van der Waals surface area (Å²) < 4.78 is 5.26. The van der Waals surface area contributed by atoms with Crippen molar-refractivity contribution < 1.29 is 24.2 Å². The average molecular weight is 292 g/mol. The maximum Gasteiger partial charge on any atom is 0.326 e. The van der Waals surface area contributed by atoms with E-state index in [1.54, 1.807) is 18.2 Å². The minimum atomic E-state index is -1.35. The van der Waals surface area contributed by atoms with Gasteiger partial charge in [-0.25, -0.2) is 4.79 Å². The summed E-state index contributed by atoms with van der Waals surface area (Å²) in [6.07, 6.45) is 1.11. The molecule has 0 aliphatic carbocycles. The normalized spacial score (nSPS) is 11.2. The first-order chi connectivity index (χ1) is 9.93. The third kappa shape index (κ3) is 5.35. The molecule has 0 aromatic heterocycles. The van der Waals surface area contributed by atoms with Crippen LogP contribution in [0, 0.1) is 0 Å². The van der Waals surface area contributed by atoms with Gasteiger partial charge >= 0.3 is 5.97 Å². The Morgan fingerprint density at radius 2 is 1.95 bits per heavy atom. The maximum atomic E-state index is 11.9. The van der Waals surface area contributed by atoms with Crippen LogP contribution in [0.2, 0.25) is 0 Å². The van der Waals surface area contributed by atoms with Gasteiger partial charge < -0.3 is 20.9 Å². The number of carboxylic acids is 1. The summed E-state index contributed by atoms with van der Waals surface area (Å²) in [6.45, 7) is 3.85. The van der Waals surface area contributed by atoms with Crippen LogP contribution in [-0.2, 0) is 9.59 Å². The Morgan fingerprint density at radius 3 is 2.43 bits per heavy atom. The first-order valence-corrected chi connectivity index (χ1v) is 6.09. The van der Waals surface area contributed by atoms with Crippen molar-refractivity contribution in [3.8, 4) is 5.75 Å². The first-order valence-electron chi connectivity index (χ1n) is 6.09. The van der Waals surface area contributed by atoms with E-state index in [-0.39, 0.29) is 5.56 Å². The molecule has 21 heavy (non-hydrogen) atoms. The van der Waals surface area contributed by atoms with Crippen molar-refractivity contribution in [2.45, 2.75) is 12.5 Å². The molecule has 7 nitrogen and oxygen atoms in total. The van der Waals surface area contributed by atoms with Crippen molar-refractivity contribution in [2.24, 2.45) is 5.73 Å². The van der Waals surface area contributed by atoms with Crippen LogP contribution in [0.3, 0.4) is 0 Å². The second kappa shape index (κ2) is 7.68. The predicted molar refractivity (Wildman–Crippen MR) is 74.8 cm³/mol. The predicted octanol–water partition coefficient (Wildman–Crippen LogP) is 0.310. The number of nitrogens with one attached hydrogen (secondary N) is 1. The van der Waals surface area contributed by atoms with E-state index in [4.69, 9.17) is 15.6 Å². The maximum absolute atomic E-state index is 11.9. The molecule has 0 aliphatic rings. The van der Waals surface area contributed by atoms with E-state index in [0.717, 1.165) is 0 Å². The summed E-state index contributed by atoms with van der Waals surface area (Å²) in [4.78, 5) is 33.6. The summed E-state index contributed by atoms with van der Waals surface area (Å²) in [5, 5.41) is 11.1. The molecule has 112 valence electrons.